The number of ether oxygens (including phenoxy) is 1. The number of halogens is 1. The number of hydrogen-bond acceptors (Lipinski definition) is 5. The Hall–Kier alpha value is -2.64. The Balaban J connectivity index is 1.80. The van der Waals surface area contributed by atoms with Crippen LogP contribution in [0.4, 0.5) is 5.69 Å². The van der Waals surface area contributed by atoms with Crippen LogP contribution in [0.25, 0.3) is 11.3 Å². The van der Waals surface area contributed by atoms with E-state index in [1.165, 1.54) is 24.3 Å². The van der Waals surface area contributed by atoms with Gasteiger partial charge in [-0.05, 0) is 48.9 Å². The zero-order chi connectivity index (χ0) is 19.3. The highest BCUT2D eigenvalue weighted by atomic mass is 35.5. The first-order valence-electron chi connectivity index (χ1n) is 8.33. The van der Waals surface area contributed by atoms with Crippen molar-refractivity contribution in [3.63, 3.8) is 0 Å². The lowest BCUT2D eigenvalue weighted by molar-refractivity contribution is 0.302. The minimum Gasteiger partial charge on any atom is -0.477 e. The molecule has 6 nitrogen and oxygen atoms in total. The molecule has 1 N–H and O–H groups in total. The molecule has 0 aliphatic rings. The van der Waals surface area contributed by atoms with Gasteiger partial charge in [-0.3, -0.25) is 4.72 Å². The second kappa shape index (κ2) is 8.37. The fraction of sp³-hybridized carbons (Fsp3) is 0.158. The Bertz CT molecular complexity index is 1010. The molecular weight excluding hydrogens is 386 g/mol. The van der Waals surface area contributed by atoms with Crippen LogP contribution in [0.2, 0.25) is 5.02 Å². The number of hydrogen-bond donors (Lipinski definition) is 1. The average Bonchev–Trinajstić information content (AvgIpc) is 2.67. The van der Waals surface area contributed by atoms with Crippen molar-refractivity contribution in [2.45, 2.75) is 18.2 Å². The van der Waals surface area contributed by atoms with Gasteiger partial charge in [-0.15, -0.1) is 10.2 Å². The predicted molar refractivity (Wildman–Crippen MR) is 106 cm³/mol. The monoisotopic (exact) mass is 403 g/mol. The van der Waals surface area contributed by atoms with Crippen LogP contribution in [0.1, 0.15) is 13.3 Å². The van der Waals surface area contributed by atoms with Crippen molar-refractivity contribution in [3.05, 3.63) is 65.7 Å². The van der Waals surface area contributed by atoms with Crippen molar-refractivity contribution < 1.29 is 13.2 Å². The van der Waals surface area contributed by atoms with Crippen LogP contribution >= 0.6 is 11.6 Å². The molecule has 0 fully saturated rings. The quantitative estimate of drug-likeness (QED) is 0.632. The Morgan fingerprint density at radius 2 is 1.81 bits per heavy atom. The molecule has 8 heteroatoms. The lowest BCUT2D eigenvalue weighted by Gasteiger charge is -2.10. The van der Waals surface area contributed by atoms with Gasteiger partial charge < -0.3 is 4.74 Å². The van der Waals surface area contributed by atoms with Gasteiger partial charge in [0.2, 0.25) is 5.88 Å². The van der Waals surface area contributed by atoms with E-state index >= 15 is 0 Å². The molecule has 0 amide bonds. The molecule has 1 heterocycles. The van der Waals surface area contributed by atoms with Crippen molar-refractivity contribution in [1.29, 1.82) is 0 Å². The van der Waals surface area contributed by atoms with Gasteiger partial charge in [-0.25, -0.2) is 8.42 Å². The number of nitrogens with one attached hydrogen (secondary N) is 1. The van der Waals surface area contributed by atoms with Gasteiger partial charge in [0.1, 0.15) is 0 Å². The Morgan fingerprint density at radius 1 is 1.04 bits per heavy atom. The molecule has 0 unspecified atom stereocenters. The van der Waals surface area contributed by atoms with Crippen molar-refractivity contribution >= 4 is 27.3 Å². The number of aromatic nitrogens is 2. The maximum Gasteiger partial charge on any atom is 0.261 e. The maximum absolute atomic E-state index is 12.5. The van der Waals surface area contributed by atoms with E-state index < -0.39 is 10.0 Å². The van der Waals surface area contributed by atoms with Crippen LogP contribution in [-0.4, -0.2) is 25.2 Å². The summed E-state index contributed by atoms with van der Waals surface area (Å²) in [7, 11) is -3.71. The van der Waals surface area contributed by atoms with Gasteiger partial charge in [0.15, 0.2) is 0 Å². The topological polar surface area (TPSA) is 81.2 Å². The molecule has 2 aromatic carbocycles. The first kappa shape index (κ1) is 19.1. The van der Waals surface area contributed by atoms with Gasteiger partial charge in [0.25, 0.3) is 10.0 Å². The van der Waals surface area contributed by atoms with Gasteiger partial charge in [-0.2, -0.15) is 0 Å². The summed E-state index contributed by atoms with van der Waals surface area (Å²) in [4.78, 5) is 0.134. The van der Waals surface area contributed by atoms with Crippen LogP contribution < -0.4 is 9.46 Å². The van der Waals surface area contributed by atoms with E-state index in [1.807, 2.05) is 13.0 Å². The van der Waals surface area contributed by atoms with Crippen molar-refractivity contribution in [2.24, 2.45) is 0 Å². The molecule has 3 aromatic rings. The summed E-state index contributed by atoms with van der Waals surface area (Å²) in [6.45, 7) is 2.59. The highest BCUT2D eigenvalue weighted by Gasteiger charge is 2.14. The molecule has 27 heavy (non-hydrogen) atoms. The third-order valence-corrected chi connectivity index (χ3v) is 5.28. The molecular formula is C19H18ClN3O3S. The molecule has 0 saturated carbocycles. The van der Waals surface area contributed by atoms with E-state index in [9.17, 15) is 8.42 Å². The van der Waals surface area contributed by atoms with E-state index in [0.717, 1.165) is 12.0 Å². The minimum absolute atomic E-state index is 0.134. The van der Waals surface area contributed by atoms with E-state index in [0.29, 0.717) is 28.9 Å². The van der Waals surface area contributed by atoms with Crippen LogP contribution in [0, 0.1) is 0 Å². The van der Waals surface area contributed by atoms with Crippen LogP contribution in [-0.2, 0) is 10.0 Å². The third kappa shape index (κ3) is 4.96. The molecule has 0 saturated heterocycles. The third-order valence-electron chi connectivity index (χ3n) is 3.63. The molecule has 0 bridgehead atoms. The fourth-order valence-electron chi connectivity index (χ4n) is 2.33. The van der Waals surface area contributed by atoms with E-state index in [4.69, 9.17) is 16.3 Å². The Labute approximate surface area is 163 Å². The molecule has 0 atom stereocenters. The highest BCUT2D eigenvalue weighted by molar-refractivity contribution is 7.92. The molecule has 0 radical (unpaired) electrons. The number of rotatable bonds is 7. The molecule has 140 valence electrons. The summed E-state index contributed by atoms with van der Waals surface area (Å²) < 4.78 is 33.0. The number of anilines is 1. The van der Waals surface area contributed by atoms with Gasteiger partial charge in [0, 0.05) is 22.3 Å². The Morgan fingerprint density at radius 3 is 2.48 bits per heavy atom. The van der Waals surface area contributed by atoms with E-state index in [-0.39, 0.29) is 4.90 Å². The van der Waals surface area contributed by atoms with Gasteiger partial charge >= 0.3 is 0 Å². The largest absolute Gasteiger partial charge is 0.477 e. The zero-order valence-corrected chi connectivity index (χ0v) is 16.2. The molecule has 0 spiro atoms. The van der Waals surface area contributed by atoms with Gasteiger partial charge in [-0.1, -0.05) is 30.7 Å². The van der Waals surface area contributed by atoms with Crippen LogP contribution in [0.3, 0.4) is 0 Å². The van der Waals surface area contributed by atoms with Crippen molar-refractivity contribution in [3.8, 4) is 17.1 Å². The first-order chi connectivity index (χ1) is 13.0. The van der Waals surface area contributed by atoms with E-state index in [1.54, 1.807) is 30.3 Å². The van der Waals surface area contributed by atoms with Gasteiger partial charge in [0.05, 0.1) is 17.2 Å². The minimum atomic E-state index is -3.71. The summed E-state index contributed by atoms with van der Waals surface area (Å²) >= 11 is 5.81. The molecule has 1 aromatic heterocycles. The molecule has 3 rings (SSSR count). The van der Waals surface area contributed by atoms with Crippen molar-refractivity contribution in [1.82, 2.24) is 10.2 Å². The summed E-state index contributed by atoms with van der Waals surface area (Å²) in [5.41, 5.74) is 1.78. The number of nitrogens with zero attached hydrogens (tertiary/aromatic N) is 2. The zero-order valence-electron chi connectivity index (χ0n) is 14.6. The predicted octanol–water partition coefficient (Wildman–Crippen LogP) is 4.39. The summed E-state index contributed by atoms with van der Waals surface area (Å²) in [6.07, 6.45) is 0.888. The van der Waals surface area contributed by atoms with E-state index in [2.05, 4.69) is 14.9 Å². The number of benzene rings is 2. The van der Waals surface area contributed by atoms with Crippen molar-refractivity contribution in [2.75, 3.05) is 11.3 Å². The first-order valence-corrected chi connectivity index (χ1v) is 10.2. The smallest absolute Gasteiger partial charge is 0.261 e. The SMILES string of the molecule is CCCOc1ccc(-c2cccc(NS(=O)(=O)c3ccc(Cl)cc3)c2)nn1. The molecule has 0 aliphatic carbocycles. The Kier molecular flexibility index (Phi) is 5.93. The summed E-state index contributed by atoms with van der Waals surface area (Å²) in [6, 6.07) is 16.4. The van der Waals surface area contributed by atoms with Crippen LogP contribution in [0.15, 0.2) is 65.6 Å². The second-order valence-electron chi connectivity index (χ2n) is 5.75. The highest BCUT2D eigenvalue weighted by Crippen LogP contribution is 2.24. The lowest BCUT2D eigenvalue weighted by Crippen LogP contribution is -2.12. The molecule has 0 aliphatic heterocycles. The lowest BCUT2D eigenvalue weighted by atomic mass is 10.1. The second-order valence-corrected chi connectivity index (χ2v) is 7.86. The standard InChI is InChI=1S/C19H18ClN3O3S/c1-2-12-26-19-11-10-18(21-22-19)14-4-3-5-16(13-14)23-27(24,25)17-8-6-15(20)7-9-17/h3-11,13,23H,2,12H2,1H3. The summed E-state index contributed by atoms with van der Waals surface area (Å²) in [5, 5.41) is 8.64. The average molecular weight is 404 g/mol. The summed E-state index contributed by atoms with van der Waals surface area (Å²) in [5.74, 6) is 0.459. The maximum atomic E-state index is 12.5. The number of sulfonamides is 1. The normalized spacial score (nSPS) is 11.2. The fourth-order valence-corrected chi connectivity index (χ4v) is 3.50. The van der Waals surface area contributed by atoms with Crippen LogP contribution in [0.5, 0.6) is 5.88 Å².